The second-order valence-corrected chi connectivity index (χ2v) is 2.91. The van der Waals surface area contributed by atoms with Gasteiger partial charge in [-0.1, -0.05) is 0 Å². The van der Waals surface area contributed by atoms with Crippen LogP contribution in [0.25, 0.3) is 0 Å². The van der Waals surface area contributed by atoms with E-state index >= 15 is 0 Å². The van der Waals surface area contributed by atoms with Gasteiger partial charge < -0.3 is 20.3 Å². The molecule has 4 heteroatoms. The minimum absolute atomic E-state index is 0.111. The molecule has 1 aliphatic rings. The lowest BCUT2D eigenvalue weighted by Gasteiger charge is -2.17. The van der Waals surface area contributed by atoms with E-state index in [9.17, 15) is 5.11 Å². The summed E-state index contributed by atoms with van der Waals surface area (Å²) in [6.45, 7) is 1.67. The Bertz CT molecular complexity index is 129. The molecule has 1 fully saturated rings. The molecule has 0 aliphatic carbocycles. The molecule has 11 heavy (non-hydrogen) atoms. The smallest absolute Gasteiger partial charge is 0.159 e. The molecule has 0 amide bonds. The topological polar surface area (TPSA) is 64.7 Å². The highest BCUT2D eigenvalue weighted by Crippen LogP contribution is 2.21. The molecule has 4 nitrogen and oxygen atoms in total. The second kappa shape index (κ2) is 3.49. The summed E-state index contributed by atoms with van der Waals surface area (Å²) < 4.78 is 10.2. The summed E-state index contributed by atoms with van der Waals surface area (Å²) in [4.78, 5) is 0. The van der Waals surface area contributed by atoms with Gasteiger partial charge in [-0.05, 0) is 6.92 Å². The van der Waals surface area contributed by atoms with Crippen molar-refractivity contribution in [3.63, 3.8) is 0 Å². The number of aliphatic hydroxyl groups excluding tert-OH is 1. The highest BCUT2D eigenvalue weighted by molar-refractivity contribution is 4.84. The van der Waals surface area contributed by atoms with Gasteiger partial charge in [0.2, 0.25) is 0 Å². The van der Waals surface area contributed by atoms with Crippen LogP contribution < -0.4 is 5.73 Å². The number of methoxy groups -OCH3 is 1. The van der Waals surface area contributed by atoms with Crippen LogP contribution >= 0.6 is 0 Å². The van der Waals surface area contributed by atoms with Crippen LogP contribution in [0.3, 0.4) is 0 Å². The van der Waals surface area contributed by atoms with Gasteiger partial charge in [0.05, 0.1) is 6.10 Å². The Morgan fingerprint density at radius 2 is 2.36 bits per heavy atom. The van der Waals surface area contributed by atoms with Crippen molar-refractivity contribution < 1.29 is 14.6 Å². The molecule has 0 saturated carbocycles. The molecule has 0 unspecified atom stereocenters. The van der Waals surface area contributed by atoms with Crippen LogP contribution in [0.1, 0.15) is 13.3 Å². The summed E-state index contributed by atoms with van der Waals surface area (Å²) >= 11 is 0. The Balaban J connectivity index is 2.45. The minimum atomic E-state index is -0.523. The van der Waals surface area contributed by atoms with E-state index in [4.69, 9.17) is 15.2 Å². The van der Waals surface area contributed by atoms with Crippen LogP contribution in [-0.2, 0) is 9.47 Å². The van der Waals surface area contributed by atoms with Gasteiger partial charge in [-0.3, -0.25) is 0 Å². The summed E-state index contributed by atoms with van der Waals surface area (Å²) in [5, 5.41) is 9.18. The van der Waals surface area contributed by atoms with E-state index < -0.39 is 6.10 Å². The van der Waals surface area contributed by atoms with Gasteiger partial charge in [0, 0.05) is 19.6 Å². The van der Waals surface area contributed by atoms with Crippen molar-refractivity contribution >= 4 is 0 Å². The number of aliphatic hydroxyl groups is 1. The first-order valence-electron chi connectivity index (χ1n) is 3.77. The lowest BCUT2D eigenvalue weighted by Crippen LogP contribution is -2.38. The molecule has 0 spiro atoms. The summed E-state index contributed by atoms with van der Waals surface area (Å²) in [5.41, 5.74) is 5.68. The van der Waals surface area contributed by atoms with Crippen molar-refractivity contribution in [1.82, 2.24) is 0 Å². The molecule has 1 aliphatic heterocycles. The Morgan fingerprint density at radius 1 is 1.73 bits per heavy atom. The Hall–Kier alpha value is -0.160. The first-order chi connectivity index (χ1) is 5.15. The van der Waals surface area contributed by atoms with Crippen molar-refractivity contribution in [3.05, 3.63) is 0 Å². The van der Waals surface area contributed by atoms with Gasteiger partial charge >= 0.3 is 0 Å². The lowest BCUT2D eigenvalue weighted by molar-refractivity contribution is -0.136. The molecule has 0 aromatic carbocycles. The molecule has 0 radical (unpaired) electrons. The Kier molecular flexibility index (Phi) is 2.84. The van der Waals surface area contributed by atoms with Crippen LogP contribution in [0, 0.1) is 0 Å². The van der Waals surface area contributed by atoms with E-state index in [-0.39, 0.29) is 18.4 Å². The number of hydrogen-bond acceptors (Lipinski definition) is 4. The fraction of sp³-hybridized carbons (Fsp3) is 1.00. The summed E-state index contributed by atoms with van der Waals surface area (Å²) in [5.74, 6) is 0. The van der Waals surface area contributed by atoms with Crippen LogP contribution in [-0.4, -0.2) is 36.8 Å². The number of hydrogen-bond donors (Lipinski definition) is 2. The molecule has 3 N–H and O–H groups in total. The first-order valence-corrected chi connectivity index (χ1v) is 3.77. The van der Waals surface area contributed by atoms with Gasteiger partial charge in [-0.2, -0.15) is 0 Å². The standard InChI is InChI=1S/C7H15NO3/c1-4(9)7-5(8)3-6(10-2)11-7/h4-7,9H,3,8H2,1-2H3/t4-,5-,6-,7+/m0/s1. The van der Waals surface area contributed by atoms with Crippen molar-refractivity contribution in [1.29, 1.82) is 0 Å². The molecule has 1 saturated heterocycles. The number of rotatable bonds is 2. The predicted molar refractivity (Wildman–Crippen MR) is 39.9 cm³/mol. The molecular weight excluding hydrogens is 146 g/mol. The zero-order chi connectivity index (χ0) is 8.43. The van der Waals surface area contributed by atoms with Crippen molar-refractivity contribution in [2.24, 2.45) is 5.73 Å². The van der Waals surface area contributed by atoms with Crippen LogP contribution in [0.15, 0.2) is 0 Å². The molecule has 4 atom stereocenters. The fourth-order valence-electron chi connectivity index (χ4n) is 1.31. The molecule has 0 bridgehead atoms. The number of ether oxygens (including phenoxy) is 2. The molecule has 1 heterocycles. The predicted octanol–water partition coefficient (Wildman–Crippen LogP) is -0.544. The largest absolute Gasteiger partial charge is 0.391 e. The van der Waals surface area contributed by atoms with Gasteiger partial charge in [0.1, 0.15) is 6.10 Å². The zero-order valence-electron chi connectivity index (χ0n) is 6.86. The highest BCUT2D eigenvalue weighted by atomic mass is 16.7. The minimum Gasteiger partial charge on any atom is -0.391 e. The second-order valence-electron chi connectivity index (χ2n) is 2.91. The lowest BCUT2D eigenvalue weighted by atomic mass is 10.1. The van der Waals surface area contributed by atoms with Gasteiger partial charge in [-0.15, -0.1) is 0 Å². The molecule has 0 aromatic rings. The summed E-state index contributed by atoms with van der Waals surface area (Å²) in [6.07, 6.45) is -0.388. The zero-order valence-corrected chi connectivity index (χ0v) is 6.86. The van der Waals surface area contributed by atoms with Crippen LogP contribution in [0.5, 0.6) is 0 Å². The average molecular weight is 161 g/mol. The normalized spacial score (nSPS) is 40.9. The molecular formula is C7H15NO3. The van der Waals surface area contributed by atoms with E-state index in [1.165, 1.54) is 0 Å². The van der Waals surface area contributed by atoms with Crippen LogP contribution in [0.4, 0.5) is 0 Å². The first kappa shape index (κ1) is 8.93. The fourth-order valence-corrected chi connectivity index (χ4v) is 1.31. The Labute approximate surface area is 66.3 Å². The van der Waals surface area contributed by atoms with E-state index in [1.54, 1.807) is 14.0 Å². The monoisotopic (exact) mass is 161 g/mol. The molecule has 0 aromatic heterocycles. The molecule has 66 valence electrons. The SMILES string of the molecule is CO[C@@H]1C[C@H](N)[C@@H]([C@H](C)O)O1. The third-order valence-corrected chi connectivity index (χ3v) is 1.93. The van der Waals surface area contributed by atoms with Gasteiger partial charge in [-0.25, -0.2) is 0 Å². The maximum Gasteiger partial charge on any atom is 0.159 e. The van der Waals surface area contributed by atoms with Crippen molar-refractivity contribution in [3.8, 4) is 0 Å². The highest BCUT2D eigenvalue weighted by Gasteiger charge is 2.35. The average Bonchev–Trinajstić information content (AvgIpc) is 2.30. The Morgan fingerprint density at radius 3 is 2.64 bits per heavy atom. The maximum atomic E-state index is 9.18. The maximum absolute atomic E-state index is 9.18. The van der Waals surface area contributed by atoms with E-state index in [2.05, 4.69) is 0 Å². The van der Waals surface area contributed by atoms with Crippen molar-refractivity contribution in [2.45, 2.75) is 37.9 Å². The van der Waals surface area contributed by atoms with Crippen LogP contribution in [0.2, 0.25) is 0 Å². The van der Waals surface area contributed by atoms with E-state index in [1.807, 2.05) is 0 Å². The van der Waals surface area contributed by atoms with Crippen molar-refractivity contribution in [2.75, 3.05) is 7.11 Å². The third-order valence-electron chi connectivity index (χ3n) is 1.93. The van der Waals surface area contributed by atoms with Gasteiger partial charge in [0.15, 0.2) is 6.29 Å². The summed E-state index contributed by atoms with van der Waals surface area (Å²) in [7, 11) is 1.57. The molecule has 1 rings (SSSR count). The third kappa shape index (κ3) is 1.90. The quantitative estimate of drug-likeness (QED) is 0.570. The van der Waals surface area contributed by atoms with E-state index in [0.717, 1.165) is 0 Å². The van der Waals surface area contributed by atoms with E-state index in [0.29, 0.717) is 6.42 Å². The summed E-state index contributed by atoms with van der Waals surface area (Å²) in [6, 6.07) is -0.111. The number of nitrogens with two attached hydrogens (primary N) is 1. The van der Waals surface area contributed by atoms with Gasteiger partial charge in [0.25, 0.3) is 0 Å².